The van der Waals surface area contributed by atoms with E-state index < -0.39 is 11.4 Å². The van der Waals surface area contributed by atoms with E-state index in [1.165, 1.54) is 17.8 Å². The maximum Gasteiger partial charge on any atom is 0.423 e. The van der Waals surface area contributed by atoms with Crippen LogP contribution in [-0.4, -0.2) is 14.5 Å². The van der Waals surface area contributed by atoms with Crippen molar-refractivity contribution in [2.24, 2.45) is 7.05 Å². The summed E-state index contributed by atoms with van der Waals surface area (Å²) in [6, 6.07) is 9.31. The summed E-state index contributed by atoms with van der Waals surface area (Å²) in [6.07, 6.45) is 1.37. The van der Waals surface area contributed by atoms with Gasteiger partial charge in [-0.05, 0) is 0 Å². The first-order valence-electron chi connectivity index (χ1n) is 5.59. The number of fused-ring (bicyclic) bond motifs is 1. The van der Waals surface area contributed by atoms with E-state index in [-0.39, 0.29) is 11.0 Å². The zero-order valence-electron chi connectivity index (χ0n) is 10.0. The molecule has 0 aliphatic rings. The molecule has 94 valence electrons. The molecule has 6 heteroatoms. The molecule has 3 rings (SSSR count). The SMILES string of the molecule is Cn1c(=O)oc(=O)c2cnc(-c3ccccc3)nc21. The fourth-order valence-electron chi connectivity index (χ4n) is 1.79. The van der Waals surface area contributed by atoms with Gasteiger partial charge < -0.3 is 4.42 Å². The molecule has 0 unspecified atom stereocenters. The highest BCUT2D eigenvalue weighted by molar-refractivity contribution is 5.74. The Kier molecular flexibility index (Phi) is 2.49. The summed E-state index contributed by atoms with van der Waals surface area (Å²) in [7, 11) is 1.50. The van der Waals surface area contributed by atoms with Gasteiger partial charge in [-0.1, -0.05) is 30.3 Å². The van der Waals surface area contributed by atoms with Crippen LogP contribution in [0.4, 0.5) is 0 Å². The predicted molar refractivity (Wildman–Crippen MR) is 68.8 cm³/mol. The first kappa shape index (κ1) is 11.3. The smallest absolute Gasteiger partial charge is 0.372 e. The number of benzene rings is 1. The van der Waals surface area contributed by atoms with Gasteiger partial charge in [0.05, 0.1) is 0 Å². The number of hydrogen-bond acceptors (Lipinski definition) is 5. The van der Waals surface area contributed by atoms with Crippen molar-refractivity contribution in [2.75, 3.05) is 0 Å². The molecule has 0 atom stereocenters. The van der Waals surface area contributed by atoms with Crippen molar-refractivity contribution in [3.05, 3.63) is 57.5 Å². The lowest BCUT2D eigenvalue weighted by molar-refractivity contribution is 0.431. The second kappa shape index (κ2) is 4.16. The molecule has 0 fully saturated rings. The van der Waals surface area contributed by atoms with Crippen LogP contribution in [0.5, 0.6) is 0 Å². The third-order valence-corrected chi connectivity index (χ3v) is 2.79. The second-order valence-corrected chi connectivity index (χ2v) is 4.01. The van der Waals surface area contributed by atoms with E-state index in [1.807, 2.05) is 30.3 Å². The summed E-state index contributed by atoms with van der Waals surface area (Å²) in [6.45, 7) is 0. The van der Waals surface area contributed by atoms with Crippen LogP contribution in [0.1, 0.15) is 0 Å². The molecule has 0 spiro atoms. The van der Waals surface area contributed by atoms with E-state index >= 15 is 0 Å². The van der Waals surface area contributed by atoms with Gasteiger partial charge in [0.15, 0.2) is 11.5 Å². The predicted octanol–water partition coefficient (Wildman–Crippen LogP) is 0.949. The van der Waals surface area contributed by atoms with Crippen LogP contribution in [0.3, 0.4) is 0 Å². The molecule has 2 heterocycles. The second-order valence-electron chi connectivity index (χ2n) is 4.01. The van der Waals surface area contributed by atoms with Crippen LogP contribution in [0, 0.1) is 0 Å². The minimum atomic E-state index is -0.741. The highest BCUT2D eigenvalue weighted by Gasteiger charge is 2.10. The molecular formula is C13H9N3O3. The molecule has 0 aliphatic carbocycles. The van der Waals surface area contributed by atoms with Crippen molar-refractivity contribution in [1.29, 1.82) is 0 Å². The van der Waals surface area contributed by atoms with Crippen LogP contribution in [0.15, 0.2) is 50.5 Å². The van der Waals surface area contributed by atoms with Gasteiger partial charge >= 0.3 is 11.4 Å². The van der Waals surface area contributed by atoms with E-state index in [0.29, 0.717) is 5.82 Å². The Morgan fingerprint density at radius 2 is 1.89 bits per heavy atom. The zero-order valence-corrected chi connectivity index (χ0v) is 10.0. The fourth-order valence-corrected chi connectivity index (χ4v) is 1.79. The van der Waals surface area contributed by atoms with Gasteiger partial charge in [0, 0.05) is 18.8 Å². The number of rotatable bonds is 1. The van der Waals surface area contributed by atoms with Crippen LogP contribution >= 0.6 is 0 Å². The zero-order chi connectivity index (χ0) is 13.4. The minimum Gasteiger partial charge on any atom is -0.372 e. The minimum absolute atomic E-state index is 0.182. The Morgan fingerprint density at radius 3 is 2.63 bits per heavy atom. The summed E-state index contributed by atoms with van der Waals surface area (Å²) in [4.78, 5) is 31.4. The number of hydrogen-bond donors (Lipinski definition) is 0. The molecule has 2 aromatic heterocycles. The molecule has 0 radical (unpaired) electrons. The highest BCUT2D eigenvalue weighted by atomic mass is 16.4. The van der Waals surface area contributed by atoms with E-state index in [2.05, 4.69) is 14.4 Å². The number of nitrogens with zero attached hydrogens (tertiary/aromatic N) is 3. The molecule has 19 heavy (non-hydrogen) atoms. The molecule has 1 aromatic carbocycles. The van der Waals surface area contributed by atoms with Crippen molar-refractivity contribution < 1.29 is 4.42 Å². The van der Waals surface area contributed by atoms with E-state index in [1.54, 1.807) is 0 Å². The van der Waals surface area contributed by atoms with Crippen molar-refractivity contribution in [2.45, 2.75) is 0 Å². The third-order valence-electron chi connectivity index (χ3n) is 2.79. The summed E-state index contributed by atoms with van der Waals surface area (Å²) >= 11 is 0. The number of aromatic nitrogens is 3. The Balaban J connectivity index is 2.36. The van der Waals surface area contributed by atoms with Gasteiger partial charge in [-0.2, -0.15) is 0 Å². The third kappa shape index (κ3) is 1.83. The summed E-state index contributed by atoms with van der Waals surface area (Å²) < 4.78 is 5.72. The van der Waals surface area contributed by atoms with E-state index in [4.69, 9.17) is 0 Å². The maximum atomic E-state index is 11.5. The molecule has 0 saturated heterocycles. The average molecular weight is 255 g/mol. The lowest BCUT2D eigenvalue weighted by Crippen LogP contribution is -2.23. The Bertz CT molecular complexity index is 866. The molecular weight excluding hydrogens is 246 g/mol. The monoisotopic (exact) mass is 255 g/mol. The molecule has 0 bridgehead atoms. The molecule has 3 aromatic rings. The van der Waals surface area contributed by atoms with Gasteiger partial charge in [-0.3, -0.25) is 4.57 Å². The summed E-state index contributed by atoms with van der Waals surface area (Å²) in [5, 5.41) is 0.182. The number of aryl methyl sites for hydroxylation is 1. The standard InChI is InChI=1S/C13H9N3O3/c1-16-11-9(12(17)19-13(16)18)7-14-10(15-11)8-5-3-2-4-6-8/h2-7H,1H3. The lowest BCUT2D eigenvalue weighted by atomic mass is 10.2. The van der Waals surface area contributed by atoms with Gasteiger partial charge in [0.2, 0.25) is 0 Å². The van der Waals surface area contributed by atoms with E-state index in [9.17, 15) is 9.59 Å². The van der Waals surface area contributed by atoms with Gasteiger partial charge in [-0.25, -0.2) is 19.6 Å². The average Bonchev–Trinajstić information content (AvgIpc) is 2.45. The molecule has 6 nitrogen and oxygen atoms in total. The van der Waals surface area contributed by atoms with Crippen molar-refractivity contribution in [3.63, 3.8) is 0 Å². The van der Waals surface area contributed by atoms with Crippen molar-refractivity contribution in [3.8, 4) is 11.4 Å². The van der Waals surface area contributed by atoms with Crippen LogP contribution in [0.2, 0.25) is 0 Å². The Labute approximate surface area is 107 Å². The Morgan fingerprint density at radius 1 is 1.16 bits per heavy atom. The van der Waals surface area contributed by atoms with Gasteiger partial charge in [-0.15, -0.1) is 0 Å². The molecule has 0 saturated carbocycles. The largest absolute Gasteiger partial charge is 0.423 e. The topological polar surface area (TPSA) is 78.0 Å². The van der Waals surface area contributed by atoms with Crippen LogP contribution in [-0.2, 0) is 7.05 Å². The molecule has 0 amide bonds. The summed E-state index contributed by atoms with van der Waals surface area (Å²) in [5.41, 5.74) is 0.345. The molecule has 0 N–H and O–H groups in total. The van der Waals surface area contributed by atoms with Crippen molar-refractivity contribution in [1.82, 2.24) is 14.5 Å². The van der Waals surface area contributed by atoms with Gasteiger partial charge in [0.1, 0.15) is 5.39 Å². The van der Waals surface area contributed by atoms with Gasteiger partial charge in [0.25, 0.3) is 0 Å². The fraction of sp³-hybridized carbons (Fsp3) is 0.0769. The maximum absolute atomic E-state index is 11.5. The quantitative estimate of drug-likeness (QED) is 0.647. The first-order chi connectivity index (χ1) is 9.16. The van der Waals surface area contributed by atoms with Crippen LogP contribution in [0.25, 0.3) is 22.4 Å². The molecule has 0 aliphatic heterocycles. The van der Waals surface area contributed by atoms with Crippen LogP contribution < -0.4 is 11.4 Å². The van der Waals surface area contributed by atoms with Crippen molar-refractivity contribution >= 4 is 11.0 Å². The Hall–Kier alpha value is -2.76. The first-order valence-corrected chi connectivity index (χ1v) is 5.59. The normalized spacial score (nSPS) is 10.8. The lowest BCUT2D eigenvalue weighted by Gasteiger charge is -2.03. The van der Waals surface area contributed by atoms with E-state index in [0.717, 1.165) is 5.56 Å². The summed E-state index contributed by atoms with van der Waals surface area (Å²) in [5.74, 6) is -0.288. The highest BCUT2D eigenvalue weighted by Crippen LogP contribution is 2.15.